The Balaban J connectivity index is 2.63. The first kappa shape index (κ1) is 15.6. The van der Waals surface area contributed by atoms with Gasteiger partial charge in [-0.3, -0.25) is 4.79 Å². The molecule has 0 bridgehead atoms. The highest BCUT2D eigenvalue weighted by Gasteiger charge is 2.22. The highest BCUT2D eigenvalue weighted by atomic mass is 19.1. The van der Waals surface area contributed by atoms with Crippen molar-refractivity contribution in [2.45, 2.75) is 25.8 Å². The van der Waals surface area contributed by atoms with E-state index in [1.54, 1.807) is 13.0 Å². The minimum atomic E-state index is -1.19. The number of carbonyl (C=O) groups excluding carboxylic acids is 1. The predicted molar refractivity (Wildman–Crippen MR) is 69.1 cm³/mol. The second-order valence-corrected chi connectivity index (χ2v) is 4.53. The molecule has 0 aromatic heterocycles. The minimum Gasteiger partial charge on any atom is -0.480 e. The number of halogens is 1. The molecule has 0 aliphatic carbocycles. The van der Waals surface area contributed by atoms with Gasteiger partial charge in [-0.2, -0.15) is 5.26 Å². The number of aliphatic carboxylic acids is 1. The van der Waals surface area contributed by atoms with Gasteiger partial charge in [-0.25, -0.2) is 9.18 Å². The van der Waals surface area contributed by atoms with Crippen LogP contribution in [0.4, 0.5) is 4.39 Å². The molecule has 0 saturated carbocycles. The molecule has 1 amide bonds. The molecule has 0 spiro atoms. The Morgan fingerprint density at radius 3 is 2.75 bits per heavy atom. The molecule has 0 radical (unpaired) electrons. The molecule has 1 rings (SSSR count). The van der Waals surface area contributed by atoms with Crippen molar-refractivity contribution in [3.8, 4) is 6.07 Å². The van der Waals surface area contributed by atoms with E-state index in [0.717, 1.165) is 0 Å². The highest BCUT2D eigenvalue weighted by molar-refractivity contribution is 5.84. The number of hydrogen-bond donors (Lipinski definition) is 2. The van der Waals surface area contributed by atoms with E-state index in [9.17, 15) is 14.0 Å². The molecule has 6 heteroatoms. The van der Waals surface area contributed by atoms with Crippen molar-refractivity contribution in [2.24, 2.45) is 5.92 Å². The molecular weight excluding hydrogens is 263 g/mol. The van der Waals surface area contributed by atoms with E-state index in [0.29, 0.717) is 5.56 Å². The van der Waals surface area contributed by atoms with Crippen molar-refractivity contribution in [1.29, 1.82) is 5.26 Å². The number of nitrogens with one attached hydrogen (secondary N) is 1. The summed E-state index contributed by atoms with van der Waals surface area (Å²) in [6.45, 7) is 1.58. The van der Waals surface area contributed by atoms with Gasteiger partial charge in [0.2, 0.25) is 5.91 Å². The predicted octanol–water partition coefficient (Wildman–Crippen LogP) is 1.49. The van der Waals surface area contributed by atoms with Crippen LogP contribution in [-0.4, -0.2) is 23.0 Å². The molecule has 0 unspecified atom stereocenters. The van der Waals surface area contributed by atoms with E-state index in [1.165, 1.54) is 18.2 Å². The number of rotatable bonds is 6. The summed E-state index contributed by atoms with van der Waals surface area (Å²) in [5, 5.41) is 20.0. The third-order valence-electron chi connectivity index (χ3n) is 2.70. The van der Waals surface area contributed by atoms with Crippen LogP contribution in [-0.2, 0) is 16.0 Å². The molecule has 5 nitrogen and oxygen atoms in total. The lowest BCUT2D eigenvalue weighted by atomic mass is 10.0. The summed E-state index contributed by atoms with van der Waals surface area (Å²) < 4.78 is 13.0. The molecule has 20 heavy (non-hydrogen) atoms. The first-order valence-corrected chi connectivity index (χ1v) is 6.08. The first-order valence-electron chi connectivity index (χ1n) is 6.08. The van der Waals surface area contributed by atoms with E-state index < -0.39 is 29.7 Å². The van der Waals surface area contributed by atoms with Crippen LogP contribution in [0.25, 0.3) is 0 Å². The molecule has 1 aromatic rings. The van der Waals surface area contributed by atoms with E-state index in [-0.39, 0.29) is 12.8 Å². The fourth-order valence-electron chi connectivity index (χ4n) is 1.71. The van der Waals surface area contributed by atoms with Gasteiger partial charge in [-0.15, -0.1) is 0 Å². The maximum Gasteiger partial charge on any atom is 0.326 e. The zero-order chi connectivity index (χ0) is 15.1. The quantitative estimate of drug-likeness (QED) is 0.824. The molecule has 1 aromatic carbocycles. The average Bonchev–Trinajstić information content (AvgIpc) is 2.37. The SMILES string of the molecule is C[C@@H](C#N)C[C@@H](NC(=O)Cc1cccc(F)c1)C(=O)O. The Labute approximate surface area is 116 Å². The van der Waals surface area contributed by atoms with Gasteiger partial charge in [0.1, 0.15) is 11.9 Å². The van der Waals surface area contributed by atoms with E-state index >= 15 is 0 Å². The van der Waals surface area contributed by atoms with Crippen molar-refractivity contribution < 1.29 is 19.1 Å². The molecule has 0 aliphatic rings. The summed E-state index contributed by atoms with van der Waals surface area (Å²) in [5.74, 6) is -2.65. The number of carbonyl (C=O) groups is 2. The average molecular weight is 278 g/mol. The third-order valence-corrected chi connectivity index (χ3v) is 2.70. The largest absolute Gasteiger partial charge is 0.480 e. The first-order chi connectivity index (χ1) is 9.42. The number of carboxylic acid groups (broad SMARTS) is 1. The van der Waals surface area contributed by atoms with E-state index in [4.69, 9.17) is 10.4 Å². The standard InChI is InChI=1S/C14H15FN2O3/c1-9(8-16)5-12(14(19)20)17-13(18)7-10-3-2-4-11(15)6-10/h2-4,6,9,12H,5,7H2,1H3,(H,17,18)(H,19,20)/t9-,12-/m1/s1. The van der Waals surface area contributed by atoms with Crippen LogP contribution in [0.1, 0.15) is 18.9 Å². The number of hydrogen-bond acceptors (Lipinski definition) is 3. The molecule has 106 valence electrons. The topological polar surface area (TPSA) is 90.2 Å². The normalized spacial score (nSPS) is 13.1. The number of amides is 1. The van der Waals surface area contributed by atoms with Gasteiger partial charge in [-0.1, -0.05) is 12.1 Å². The van der Waals surface area contributed by atoms with Crippen LogP contribution >= 0.6 is 0 Å². The molecule has 0 aliphatic heterocycles. The summed E-state index contributed by atoms with van der Waals surface area (Å²) in [6, 6.07) is 6.33. The van der Waals surface area contributed by atoms with E-state index in [2.05, 4.69) is 5.32 Å². The lowest BCUT2D eigenvalue weighted by Gasteiger charge is -2.15. The van der Waals surface area contributed by atoms with Gasteiger partial charge < -0.3 is 10.4 Å². The fraction of sp³-hybridized carbons (Fsp3) is 0.357. The van der Waals surface area contributed by atoms with Gasteiger partial charge in [-0.05, 0) is 31.0 Å². The van der Waals surface area contributed by atoms with Crippen LogP contribution in [0.2, 0.25) is 0 Å². The van der Waals surface area contributed by atoms with Gasteiger partial charge >= 0.3 is 5.97 Å². The Kier molecular flexibility index (Phi) is 5.66. The zero-order valence-corrected chi connectivity index (χ0v) is 11.0. The van der Waals surface area contributed by atoms with Gasteiger partial charge in [0, 0.05) is 5.92 Å². The molecule has 0 heterocycles. The Morgan fingerprint density at radius 1 is 1.50 bits per heavy atom. The number of benzene rings is 1. The van der Waals surface area contributed by atoms with Gasteiger partial charge in [0.15, 0.2) is 0 Å². The summed E-state index contributed by atoms with van der Waals surface area (Å²) in [6.07, 6.45) is -0.0802. The van der Waals surface area contributed by atoms with Crippen molar-refractivity contribution in [3.05, 3.63) is 35.6 Å². The Hall–Kier alpha value is -2.42. The smallest absolute Gasteiger partial charge is 0.326 e. The van der Waals surface area contributed by atoms with Crippen LogP contribution < -0.4 is 5.32 Å². The highest BCUT2D eigenvalue weighted by Crippen LogP contribution is 2.07. The minimum absolute atomic E-state index is 0.0285. The number of nitrogens with zero attached hydrogens (tertiary/aromatic N) is 1. The fourth-order valence-corrected chi connectivity index (χ4v) is 1.71. The summed E-state index contributed by atoms with van der Waals surface area (Å²) in [4.78, 5) is 22.7. The second kappa shape index (κ2) is 7.24. The molecule has 0 saturated heterocycles. The lowest BCUT2D eigenvalue weighted by molar-refractivity contribution is -0.142. The maximum atomic E-state index is 13.0. The molecule has 2 atom stereocenters. The molecule has 0 fully saturated rings. The molecule has 2 N–H and O–H groups in total. The summed E-state index contributed by atoms with van der Waals surface area (Å²) >= 11 is 0. The lowest BCUT2D eigenvalue weighted by Crippen LogP contribution is -2.42. The van der Waals surface area contributed by atoms with Gasteiger partial charge in [0.25, 0.3) is 0 Å². The Morgan fingerprint density at radius 2 is 2.20 bits per heavy atom. The summed E-state index contributed by atoms with van der Waals surface area (Å²) in [5.41, 5.74) is 0.458. The van der Waals surface area contributed by atoms with Crippen molar-refractivity contribution in [1.82, 2.24) is 5.32 Å². The van der Waals surface area contributed by atoms with Crippen molar-refractivity contribution >= 4 is 11.9 Å². The zero-order valence-electron chi connectivity index (χ0n) is 11.0. The summed E-state index contributed by atoms with van der Waals surface area (Å²) in [7, 11) is 0. The number of nitriles is 1. The van der Waals surface area contributed by atoms with Crippen LogP contribution in [0.15, 0.2) is 24.3 Å². The van der Waals surface area contributed by atoms with Crippen LogP contribution in [0, 0.1) is 23.1 Å². The van der Waals surface area contributed by atoms with Gasteiger partial charge in [0.05, 0.1) is 12.5 Å². The number of carboxylic acids is 1. The Bertz CT molecular complexity index is 539. The van der Waals surface area contributed by atoms with Crippen molar-refractivity contribution in [3.63, 3.8) is 0 Å². The van der Waals surface area contributed by atoms with E-state index in [1.807, 2.05) is 6.07 Å². The van der Waals surface area contributed by atoms with Crippen LogP contribution in [0.5, 0.6) is 0 Å². The van der Waals surface area contributed by atoms with Crippen LogP contribution in [0.3, 0.4) is 0 Å². The van der Waals surface area contributed by atoms with Crippen molar-refractivity contribution in [2.75, 3.05) is 0 Å². The maximum absolute atomic E-state index is 13.0. The molecular formula is C14H15FN2O3. The second-order valence-electron chi connectivity index (χ2n) is 4.53. The monoisotopic (exact) mass is 278 g/mol. The third kappa shape index (κ3) is 5.06.